The van der Waals surface area contributed by atoms with Gasteiger partial charge in [0.1, 0.15) is 0 Å². The normalized spacial score (nSPS) is 15.6. The molecule has 0 fully saturated rings. The maximum absolute atomic E-state index is 12.4. The number of nitrogens with zero attached hydrogens (tertiary/aromatic N) is 1. The van der Waals surface area contributed by atoms with Crippen LogP contribution in [-0.4, -0.2) is 54.2 Å². The molecule has 0 aromatic carbocycles. The second-order valence-corrected chi connectivity index (χ2v) is 5.89. The molecule has 0 heterocycles. The topological polar surface area (TPSA) is 92.9 Å². The summed E-state index contributed by atoms with van der Waals surface area (Å²) in [6.45, 7) is 5.68. The lowest BCUT2D eigenvalue weighted by molar-refractivity contribution is -0.163. The first kappa shape index (κ1) is 19.9. The first-order chi connectivity index (χ1) is 9.74. The van der Waals surface area contributed by atoms with Crippen molar-refractivity contribution in [2.45, 2.75) is 58.0 Å². The number of nitrogens with two attached hydrogens (primary N) is 1. The Hall–Kier alpha value is -1.14. The quantitative estimate of drug-likeness (QED) is 0.596. The van der Waals surface area contributed by atoms with Gasteiger partial charge in [0.25, 0.3) is 0 Å². The van der Waals surface area contributed by atoms with Crippen LogP contribution in [0.2, 0.25) is 0 Å². The number of likely N-dealkylation sites (N-methyl/N-ethyl adjacent to an activating group) is 1. The molecule has 2 atom stereocenters. The summed E-state index contributed by atoms with van der Waals surface area (Å²) in [4.78, 5) is 25.5. The van der Waals surface area contributed by atoms with Crippen molar-refractivity contribution in [1.29, 1.82) is 0 Å². The third-order valence-electron chi connectivity index (χ3n) is 3.95. The van der Waals surface area contributed by atoms with E-state index in [0.717, 1.165) is 19.3 Å². The number of unbranched alkanes of at least 4 members (excludes halogenated alkanes) is 2. The largest absolute Gasteiger partial charge is 0.479 e. The van der Waals surface area contributed by atoms with Crippen LogP contribution >= 0.6 is 0 Å². The number of rotatable bonds is 10. The molecule has 0 aromatic rings. The van der Waals surface area contributed by atoms with Crippen molar-refractivity contribution < 1.29 is 19.4 Å². The van der Waals surface area contributed by atoms with Crippen molar-refractivity contribution in [2.24, 2.45) is 11.7 Å². The van der Waals surface area contributed by atoms with Gasteiger partial charge in [0, 0.05) is 14.2 Å². The maximum atomic E-state index is 12.4. The molecule has 0 aliphatic rings. The van der Waals surface area contributed by atoms with Crippen molar-refractivity contribution in [3.63, 3.8) is 0 Å². The predicted molar refractivity (Wildman–Crippen MR) is 82.0 cm³/mol. The highest BCUT2D eigenvalue weighted by Gasteiger charge is 2.45. The van der Waals surface area contributed by atoms with Crippen LogP contribution in [0.4, 0.5) is 0 Å². The molecule has 21 heavy (non-hydrogen) atoms. The number of amides is 1. The van der Waals surface area contributed by atoms with Gasteiger partial charge in [0.15, 0.2) is 5.54 Å². The van der Waals surface area contributed by atoms with Crippen LogP contribution in [0.25, 0.3) is 0 Å². The second kappa shape index (κ2) is 9.00. The van der Waals surface area contributed by atoms with Gasteiger partial charge < -0.3 is 20.5 Å². The Labute approximate surface area is 127 Å². The molecule has 3 N–H and O–H groups in total. The van der Waals surface area contributed by atoms with E-state index in [1.807, 2.05) is 20.8 Å². The van der Waals surface area contributed by atoms with Crippen molar-refractivity contribution >= 4 is 11.9 Å². The van der Waals surface area contributed by atoms with E-state index in [2.05, 4.69) is 0 Å². The molecule has 6 nitrogen and oxygen atoms in total. The number of aliphatic carboxylic acids is 1. The summed E-state index contributed by atoms with van der Waals surface area (Å²) >= 11 is 0. The fourth-order valence-corrected chi connectivity index (χ4v) is 2.27. The monoisotopic (exact) mass is 302 g/mol. The van der Waals surface area contributed by atoms with Crippen molar-refractivity contribution in [1.82, 2.24) is 4.90 Å². The molecule has 0 aromatic heterocycles. The lowest BCUT2D eigenvalue weighted by atomic mass is 9.89. The summed E-state index contributed by atoms with van der Waals surface area (Å²) in [5, 5.41) is 9.68. The summed E-state index contributed by atoms with van der Waals surface area (Å²) in [7, 11) is 2.95. The third-order valence-corrected chi connectivity index (χ3v) is 3.95. The Morgan fingerprint density at radius 1 is 1.33 bits per heavy atom. The first-order valence-electron chi connectivity index (χ1n) is 7.50. The van der Waals surface area contributed by atoms with Gasteiger partial charge in [-0.2, -0.15) is 0 Å². The Bertz CT molecular complexity index is 347. The molecule has 0 radical (unpaired) electrons. The van der Waals surface area contributed by atoms with Crippen LogP contribution in [0, 0.1) is 5.92 Å². The zero-order valence-electron chi connectivity index (χ0n) is 13.9. The van der Waals surface area contributed by atoms with Gasteiger partial charge >= 0.3 is 5.97 Å². The minimum absolute atomic E-state index is 0.0426. The van der Waals surface area contributed by atoms with E-state index in [-0.39, 0.29) is 18.4 Å². The highest BCUT2D eigenvalue weighted by Crippen LogP contribution is 2.24. The minimum Gasteiger partial charge on any atom is -0.479 e. The molecule has 0 spiro atoms. The van der Waals surface area contributed by atoms with Crippen molar-refractivity contribution in [3.05, 3.63) is 0 Å². The standard InChI is InChI=1S/C15H30N2O4/c1-6-7-8-9-15(10-21-5,14(19)20)17(4)13(18)12(16)11(2)3/h11-12H,6-10,16H2,1-5H3,(H,19,20)/t12-,15?/m0/s1. The van der Waals surface area contributed by atoms with E-state index in [9.17, 15) is 14.7 Å². The summed E-state index contributed by atoms with van der Waals surface area (Å²) in [6, 6.07) is -0.711. The molecule has 1 amide bonds. The van der Waals surface area contributed by atoms with E-state index in [4.69, 9.17) is 10.5 Å². The number of carbonyl (C=O) groups excluding carboxylic acids is 1. The van der Waals surface area contributed by atoms with Gasteiger partial charge in [-0.15, -0.1) is 0 Å². The number of hydrogen-bond acceptors (Lipinski definition) is 4. The van der Waals surface area contributed by atoms with Crippen LogP contribution in [0.3, 0.4) is 0 Å². The smallest absolute Gasteiger partial charge is 0.332 e. The zero-order valence-corrected chi connectivity index (χ0v) is 13.9. The second-order valence-electron chi connectivity index (χ2n) is 5.89. The molecule has 0 bridgehead atoms. The van der Waals surface area contributed by atoms with Crippen LogP contribution in [0.15, 0.2) is 0 Å². The number of carboxylic acids is 1. The van der Waals surface area contributed by atoms with Crippen LogP contribution < -0.4 is 5.73 Å². The first-order valence-corrected chi connectivity index (χ1v) is 7.50. The summed E-state index contributed by atoms with van der Waals surface area (Å²) < 4.78 is 5.10. The molecular weight excluding hydrogens is 272 g/mol. The molecule has 0 saturated carbocycles. The van der Waals surface area contributed by atoms with Gasteiger partial charge in [-0.05, 0) is 12.3 Å². The van der Waals surface area contributed by atoms with Gasteiger partial charge in [-0.25, -0.2) is 4.79 Å². The molecule has 0 aliphatic carbocycles. The fraction of sp³-hybridized carbons (Fsp3) is 0.867. The van der Waals surface area contributed by atoms with Gasteiger partial charge in [-0.1, -0.05) is 40.0 Å². The highest BCUT2D eigenvalue weighted by atomic mass is 16.5. The lowest BCUT2D eigenvalue weighted by Gasteiger charge is -2.39. The van der Waals surface area contributed by atoms with E-state index in [0.29, 0.717) is 6.42 Å². The van der Waals surface area contributed by atoms with Gasteiger partial charge in [0.2, 0.25) is 5.91 Å². The molecule has 124 valence electrons. The molecule has 0 rings (SSSR count). The van der Waals surface area contributed by atoms with Gasteiger partial charge in [-0.3, -0.25) is 4.79 Å². The Balaban J connectivity index is 5.33. The fourth-order valence-electron chi connectivity index (χ4n) is 2.27. The molecule has 0 saturated heterocycles. The average molecular weight is 302 g/mol. The number of methoxy groups -OCH3 is 1. The summed E-state index contributed by atoms with van der Waals surface area (Å²) in [5.41, 5.74) is 4.53. The van der Waals surface area contributed by atoms with E-state index in [1.165, 1.54) is 19.1 Å². The van der Waals surface area contributed by atoms with Crippen LogP contribution in [0.5, 0.6) is 0 Å². The Morgan fingerprint density at radius 2 is 1.90 bits per heavy atom. The van der Waals surface area contributed by atoms with Crippen molar-refractivity contribution in [3.8, 4) is 0 Å². The number of carboxylic acid groups (broad SMARTS) is 1. The maximum Gasteiger partial charge on any atom is 0.332 e. The third kappa shape index (κ3) is 4.97. The summed E-state index contributed by atoms with van der Waals surface area (Å²) in [6.07, 6.45) is 2.97. The molecule has 1 unspecified atom stereocenters. The van der Waals surface area contributed by atoms with E-state index >= 15 is 0 Å². The minimum atomic E-state index is -1.35. The van der Waals surface area contributed by atoms with Gasteiger partial charge in [0.05, 0.1) is 12.6 Å². The summed E-state index contributed by atoms with van der Waals surface area (Å²) in [5.74, 6) is -1.46. The Morgan fingerprint density at radius 3 is 2.29 bits per heavy atom. The lowest BCUT2D eigenvalue weighted by Crippen LogP contribution is -2.61. The highest BCUT2D eigenvalue weighted by molar-refractivity contribution is 5.89. The molecule has 0 aliphatic heterocycles. The van der Waals surface area contributed by atoms with E-state index in [1.54, 1.807) is 0 Å². The number of hydrogen-bond donors (Lipinski definition) is 2. The molecular formula is C15H30N2O4. The Kier molecular flexibility index (Phi) is 8.51. The zero-order chi connectivity index (χ0) is 16.6. The average Bonchev–Trinajstić information content (AvgIpc) is 2.43. The van der Waals surface area contributed by atoms with E-state index < -0.39 is 17.6 Å². The van der Waals surface area contributed by atoms with Crippen LogP contribution in [0.1, 0.15) is 46.5 Å². The SMILES string of the molecule is CCCCCC(COC)(C(=O)O)N(C)C(=O)[C@@H](N)C(C)C. The van der Waals surface area contributed by atoms with Crippen LogP contribution in [-0.2, 0) is 14.3 Å². The number of carbonyl (C=O) groups is 2. The predicted octanol–water partition coefficient (Wildman–Crippen LogP) is 1.48. The number of ether oxygens (including phenoxy) is 1. The molecule has 6 heteroatoms. The van der Waals surface area contributed by atoms with Crippen molar-refractivity contribution in [2.75, 3.05) is 20.8 Å².